The number of hydrogen-bond donors (Lipinski definition) is 2. The topological polar surface area (TPSA) is 103 Å². The van der Waals surface area contributed by atoms with Gasteiger partial charge in [0, 0.05) is 6.42 Å². The number of esters is 1. The average Bonchev–Trinajstić information content (AvgIpc) is 2.80. The van der Waals surface area contributed by atoms with E-state index in [1.807, 2.05) is 81.4 Å². The van der Waals surface area contributed by atoms with Crippen molar-refractivity contribution in [1.29, 1.82) is 0 Å². The molecule has 0 radical (unpaired) electrons. The Morgan fingerprint density at radius 3 is 1.97 bits per heavy atom. The zero-order valence-corrected chi connectivity index (χ0v) is 20.4. The van der Waals surface area contributed by atoms with E-state index in [4.69, 9.17) is 14.2 Å². The third kappa shape index (κ3) is 9.23. The van der Waals surface area contributed by atoms with Gasteiger partial charge in [0.2, 0.25) is 5.91 Å². The first-order valence-corrected chi connectivity index (χ1v) is 11.2. The summed E-state index contributed by atoms with van der Waals surface area (Å²) < 4.78 is 16.1. The van der Waals surface area contributed by atoms with E-state index in [-0.39, 0.29) is 13.0 Å². The van der Waals surface area contributed by atoms with Crippen LogP contribution in [-0.4, -0.2) is 48.9 Å². The minimum atomic E-state index is -1.11. The van der Waals surface area contributed by atoms with Crippen molar-refractivity contribution in [3.8, 4) is 0 Å². The van der Waals surface area contributed by atoms with Gasteiger partial charge in [-0.2, -0.15) is 0 Å². The Hall–Kier alpha value is -3.39. The van der Waals surface area contributed by atoms with Crippen molar-refractivity contribution in [1.82, 2.24) is 10.6 Å². The minimum absolute atomic E-state index is 0.0499. The predicted molar refractivity (Wildman–Crippen MR) is 128 cm³/mol. The Bertz CT molecular complexity index is 927. The summed E-state index contributed by atoms with van der Waals surface area (Å²) in [6.07, 6.45) is -1.25. The molecule has 0 spiro atoms. The highest BCUT2D eigenvalue weighted by Gasteiger charge is 2.34. The molecule has 184 valence electrons. The molecule has 3 atom stereocenters. The van der Waals surface area contributed by atoms with Gasteiger partial charge < -0.3 is 24.8 Å². The molecule has 0 saturated carbocycles. The molecule has 0 saturated heterocycles. The molecule has 0 bridgehead atoms. The zero-order valence-electron chi connectivity index (χ0n) is 20.4. The molecule has 0 aliphatic carbocycles. The summed E-state index contributed by atoms with van der Waals surface area (Å²) in [4.78, 5) is 38.1. The monoisotopic (exact) mass is 470 g/mol. The Morgan fingerprint density at radius 2 is 1.44 bits per heavy atom. The van der Waals surface area contributed by atoms with E-state index >= 15 is 0 Å². The zero-order chi connectivity index (χ0) is 25.1. The van der Waals surface area contributed by atoms with Gasteiger partial charge in [-0.3, -0.25) is 4.79 Å². The molecular formula is C26H34N2O6. The first-order valence-electron chi connectivity index (χ1n) is 11.2. The number of alkyl carbamates (subject to hydrolysis) is 1. The molecule has 3 unspecified atom stereocenters. The van der Waals surface area contributed by atoms with E-state index in [9.17, 15) is 14.4 Å². The molecule has 8 nitrogen and oxygen atoms in total. The molecule has 0 aliphatic heterocycles. The van der Waals surface area contributed by atoms with Gasteiger partial charge in [0.1, 0.15) is 18.7 Å². The first kappa shape index (κ1) is 26.9. The minimum Gasteiger partial charge on any atom is -0.467 e. The van der Waals surface area contributed by atoms with Crippen LogP contribution in [0, 0.1) is 0 Å². The van der Waals surface area contributed by atoms with Crippen LogP contribution in [0.15, 0.2) is 60.7 Å². The lowest BCUT2D eigenvalue weighted by atomic mass is 10.0. The van der Waals surface area contributed by atoms with Gasteiger partial charge in [-0.1, -0.05) is 60.7 Å². The van der Waals surface area contributed by atoms with Crippen LogP contribution >= 0.6 is 0 Å². The van der Waals surface area contributed by atoms with Crippen LogP contribution in [0.1, 0.15) is 38.8 Å². The summed E-state index contributed by atoms with van der Waals surface area (Å²) in [5, 5.41) is 5.28. The molecule has 34 heavy (non-hydrogen) atoms. The highest BCUT2D eigenvalue weighted by molar-refractivity contribution is 5.90. The standard InChI is InChI=1S/C26H34N2O6/c1-18(34-26(2,3)4)22(28-25(31)33-17-20-14-10-7-11-15-20)23(29)27-21(24(30)32-5)16-19-12-8-6-9-13-19/h6-15,18,21-22H,16-17H2,1-5H3,(H,27,29)(H,28,31). The van der Waals surface area contributed by atoms with Crippen LogP contribution in [0.5, 0.6) is 0 Å². The van der Waals surface area contributed by atoms with Gasteiger partial charge in [0.25, 0.3) is 0 Å². The first-order chi connectivity index (χ1) is 16.1. The largest absolute Gasteiger partial charge is 0.467 e. The van der Waals surface area contributed by atoms with Gasteiger partial charge in [0.05, 0.1) is 18.8 Å². The average molecular weight is 471 g/mol. The van der Waals surface area contributed by atoms with Gasteiger partial charge in [0.15, 0.2) is 0 Å². The number of nitrogens with one attached hydrogen (secondary N) is 2. The number of ether oxygens (including phenoxy) is 3. The Morgan fingerprint density at radius 1 is 0.882 bits per heavy atom. The number of carbonyl (C=O) groups is 3. The molecule has 2 N–H and O–H groups in total. The Labute approximate surface area is 201 Å². The van der Waals surface area contributed by atoms with Crippen molar-refractivity contribution < 1.29 is 28.6 Å². The number of benzene rings is 2. The number of rotatable bonds is 10. The van der Waals surface area contributed by atoms with E-state index in [2.05, 4.69) is 10.6 Å². The lowest BCUT2D eigenvalue weighted by molar-refractivity contribution is -0.146. The van der Waals surface area contributed by atoms with Crippen LogP contribution in [-0.2, 0) is 36.8 Å². The fraction of sp³-hybridized carbons (Fsp3) is 0.423. The van der Waals surface area contributed by atoms with Gasteiger partial charge in [-0.15, -0.1) is 0 Å². The number of carbonyl (C=O) groups excluding carboxylic acids is 3. The smallest absolute Gasteiger partial charge is 0.408 e. The van der Waals surface area contributed by atoms with E-state index in [0.717, 1.165) is 11.1 Å². The predicted octanol–water partition coefficient (Wildman–Crippen LogP) is 3.39. The van der Waals surface area contributed by atoms with Gasteiger partial charge in [-0.05, 0) is 38.8 Å². The Balaban J connectivity index is 2.13. The van der Waals surface area contributed by atoms with Crippen LogP contribution in [0.3, 0.4) is 0 Å². The number of amides is 2. The normalized spacial score (nSPS) is 13.8. The second kappa shape index (κ2) is 12.7. The van der Waals surface area contributed by atoms with Crippen molar-refractivity contribution in [3.63, 3.8) is 0 Å². The highest BCUT2D eigenvalue weighted by atomic mass is 16.6. The van der Waals surface area contributed by atoms with E-state index in [1.165, 1.54) is 7.11 Å². The third-order valence-corrected chi connectivity index (χ3v) is 4.86. The number of hydrogen-bond acceptors (Lipinski definition) is 6. The fourth-order valence-electron chi connectivity index (χ4n) is 3.36. The van der Waals surface area contributed by atoms with Gasteiger partial charge in [-0.25, -0.2) is 9.59 Å². The van der Waals surface area contributed by atoms with Crippen LogP contribution in [0.4, 0.5) is 4.79 Å². The SMILES string of the molecule is COC(=O)C(Cc1ccccc1)NC(=O)C(NC(=O)OCc1ccccc1)C(C)OC(C)(C)C. The summed E-state index contributed by atoms with van der Waals surface area (Å²) in [5.74, 6) is -1.17. The molecule has 2 rings (SSSR count). The quantitative estimate of drug-likeness (QED) is 0.516. The summed E-state index contributed by atoms with van der Waals surface area (Å²) in [6.45, 7) is 7.27. The number of methoxy groups -OCH3 is 1. The van der Waals surface area contributed by atoms with Crippen LogP contribution in [0.2, 0.25) is 0 Å². The van der Waals surface area contributed by atoms with Gasteiger partial charge >= 0.3 is 12.1 Å². The lowest BCUT2D eigenvalue weighted by Gasteiger charge is -2.31. The summed E-state index contributed by atoms with van der Waals surface area (Å²) in [7, 11) is 1.26. The maximum atomic E-state index is 13.2. The van der Waals surface area contributed by atoms with Crippen molar-refractivity contribution in [2.75, 3.05) is 7.11 Å². The molecule has 0 aliphatic rings. The summed E-state index contributed by atoms with van der Waals surface area (Å²) in [5.41, 5.74) is 1.09. The Kier molecular flexibility index (Phi) is 10.1. The second-order valence-electron chi connectivity index (χ2n) is 8.89. The van der Waals surface area contributed by atoms with Crippen molar-refractivity contribution in [2.24, 2.45) is 0 Å². The van der Waals surface area contributed by atoms with Crippen molar-refractivity contribution >= 4 is 18.0 Å². The molecule has 0 heterocycles. The molecule has 8 heteroatoms. The molecule has 2 amide bonds. The maximum Gasteiger partial charge on any atom is 0.408 e. The summed E-state index contributed by atoms with van der Waals surface area (Å²) >= 11 is 0. The molecular weight excluding hydrogens is 436 g/mol. The van der Waals surface area contributed by atoms with Crippen molar-refractivity contribution in [3.05, 3.63) is 71.8 Å². The molecule has 0 aromatic heterocycles. The fourth-order valence-corrected chi connectivity index (χ4v) is 3.36. The van der Waals surface area contributed by atoms with Crippen LogP contribution < -0.4 is 10.6 Å². The maximum absolute atomic E-state index is 13.2. The summed E-state index contributed by atoms with van der Waals surface area (Å²) in [6, 6.07) is 16.4. The van der Waals surface area contributed by atoms with E-state index in [0.29, 0.717) is 0 Å². The lowest BCUT2D eigenvalue weighted by Crippen LogP contribution is -2.57. The van der Waals surface area contributed by atoms with Crippen LogP contribution in [0.25, 0.3) is 0 Å². The van der Waals surface area contributed by atoms with E-state index in [1.54, 1.807) is 6.92 Å². The third-order valence-electron chi connectivity index (χ3n) is 4.86. The molecule has 0 fully saturated rings. The highest BCUT2D eigenvalue weighted by Crippen LogP contribution is 2.14. The van der Waals surface area contributed by atoms with E-state index < -0.39 is 41.8 Å². The van der Waals surface area contributed by atoms with Crippen molar-refractivity contribution in [2.45, 2.75) is 64.5 Å². The molecule has 2 aromatic carbocycles. The second-order valence-corrected chi connectivity index (χ2v) is 8.89. The molecule has 2 aromatic rings.